The van der Waals surface area contributed by atoms with Crippen LogP contribution in [0.2, 0.25) is 0 Å². The van der Waals surface area contributed by atoms with E-state index in [0.29, 0.717) is 24.4 Å². The lowest BCUT2D eigenvalue weighted by Crippen LogP contribution is -2.31. The lowest BCUT2D eigenvalue weighted by molar-refractivity contribution is 0.0838. The summed E-state index contributed by atoms with van der Waals surface area (Å²) in [6, 6.07) is 0. The van der Waals surface area contributed by atoms with Gasteiger partial charge in [-0.3, -0.25) is 0 Å². The Morgan fingerprint density at radius 3 is 2.56 bits per heavy atom. The predicted molar refractivity (Wildman–Crippen MR) is 71.2 cm³/mol. The monoisotopic (exact) mass is 252 g/mol. The molecule has 7 heteroatoms. The van der Waals surface area contributed by atoms with Gasteiger partial charge in [-0.1, -0.05) is 0 Å². The Labute approximate surface area is 107 Å². The smallest absolute Gasteiger partial charge is 0.232 e. The molecule has 0 amide bonds. The zero-order chi connectivity index (χ0) is 13.3. The third-order valence-electron chi connectivity index (χ3n) is 2.97. The molecule has 0 aliphatic carbocycles. The third-order valence-corrected chi connectivity index (χ3v) is 2.97. The van der Waals surface area contributed by atoms with Crippen LogP contribution >= 0.6 is 0 Å². The van der Waals surface area contributed by atoms with Crippen molar-refractivity contribution in [2.45, 2.75) is 18.9 Å². The topological polar surface area (TPSA) is 77.4 Å². The van der Waals surface area contributed by atoms with Crippen LogP contribution in [0.5, 0.6) is 0 Å². The second-order valence-corrected chi connectivity index (χ2v) is 5.07. The molecule has 1 aliphatic rings. The maximum Gasteiger partial charge on any atom is 0.232 e. The minimum absolute atomic E-state index is 0.537. The van der Waals surface area contributed by atoms with Crippen LogP contribution in [0.4, 0.5) is 17.8 Å². The number of anilines is 3. The second kappa shape index (κ2) is 4.56. The van der Waals surface area contributed by atoms with E-state index < -0.39 is 5.60 Å². The van der Waals surface area contributed by atoms with Gasteiger partial charge in [0, 0.05) is 34.2 Å². The summed E-state index contributed by atoms with van der Waals surface area (Å²) in [7, 11) is 5.55. The molecular formula is C11H20N6O. The van der Waals surface area contributed by atoms with E-state index in [9.17, 15) is 5.11 Å². The Kier molecular flexibility index (Phi) is 3.25. The van der Waals surface area contributed by atoms with Crippen LogP contribution in [0.1, 0.15) is 13.3 Å². The zero-order valence-corrected chi connectivity index (χ0v) is 11.3. The number of aromatic nitrogens is 3. The van der Waals surface area contributed by atoms with Gasteiger partial charge < -0.3 is 20.2 Å². The molecule has 0 spiro atoms. The third kappa shape index (κ3) is 2.61. The van der Waals surface area contributed by atoms with Gasteiger partial charge in [-0.2, -0.15) is 15.0 Å². The van der Waals surface area contributed by atoms with Crippen molar-refractivity contribution in [3.63, 3.8) is 0 Å². The highest BCUT2D eigenvalue weighted by atomic mass is 16.3. The number of hydrogen-bond acceptors (Lipinski definition) is 7. The van der Waals surface area contributed by atoms with Gasteiger partial charge in [0.05, 0.1) is 5.60 Å². The summed E-state index contributed by atoms with van der Waals surface area (Å²) in [5.74, 6) is 1.75. The number of aliphatic hydroxyl groups is 1. The molecule has 1 atom stereocenters. The van der Waals surface area contributed by atoms with E-state index in [1.54, 1.807) is 7.05 Å². The molecule has 1 unspecified atom stereocenters. The average Bonchev–Trinajstić information content (AvgIpc) is 2.69. The van der Waals surface area contributed by atoms with E-state index in [4.69, 9.17) is 0 Å². The molecule has 1 aliphatic heterocycles. The molecule has 100 valence electrons. The van der Waals surface area contributed by atoms with Crippen molar-refractivity contribution in [1.29, 1.82) is 0 Å². The van der Waals surface area contributed by atoms with Crippen molar-refractivity contribution in [3.8, 4) is 0 Å². The average molecular weight is 252 g/mol. The fourth-order valence-corrected chi connectivity index (χ4v) is 1.92. The SMILES string of the molecule is CNc1nc(N(C)C)nc(N2CCC(C)(O)C2)n1. The van der Waals surface area contributed by atoms with E-state index in [1.807, 2.05) is 30.8 Å². The summed E-state index contributed by atoms with van der Waals surface area (Å²) in [6.07, 6.45) is 0.727. The summed E-state index contributed by atoms with van der Waals surface area (Å²) in [5.41, 5.74) is -0.662. The molecule has 1 aromatic heterocycles. The Bertz CT molecular complexity index is 434. The minimum atomic E-state index is -0.662. The Morgan fingerprint density at radius 2 is 2.06 bits per heavy atom. The summed E-state index contributed by atoms with van der Waals surface area (Å²) in [4.78, 5) is 16.8. The lowest BCUT2D eigenvalue weighted by atomic mass is 10.1. The van der Waals surface area contributed by atoms with Gasteiger partial charge in [0.2, 0.25) is 17.8 Å². The molecule has 0 aromatic carbocycles. The van der Waals surface area contributed by atoms with Crippen molar-refractivity contribution in [2.75, 3.05) is 49.3 Å². The fourth-order valence-electron chi connectivity index (χ4n) is 1.92. The van der Waals surface area contributed by atoms with Gasteiger partial charge in [-0.15, -0.1) is 0 Å². The van der Waals surface area contributed by atoms with Crippen LogP contribution < -0.4 is 15.1 Å². The number of nitrogens with zero attached hydrogens (tertiary/aromatic N) is 5. The summed E-state index contributed by atoms with van der Waals surface area (Å²) < 4.78 is 0. The standard InChI is InChI=1S/C11H20N6O/c1-11(18)5-6-17(7-11)10-14-8(12-2)13-9(15-10)16(3)4/h18H,5-7H2,1-4H3,(H,12,13,14,15). The Balaban J connectivity index is 2.30. The Morgan fingerprint density at radius 1 is 1.33 bits per heavy atom. The van der Waals surface area contributed by atoms with Crippen molar-refractivity contribution in [3.05, 3.63) is 0 Å². The van der Waals surface area contributed by atoms with E-state index >= 15 is 0 Å². The fraction of sp³-hybridized carbons (Fsp3) is 0.727. The van der Waals surface area contributed by atoms with E-state index in [2.05, 4.69) is 20.3 Å². The zero-order valence-electron chi connectivity index (χ0n) is 11.3. The number of rotatable bonds is 3. The first kappa shape index (κ1) is 12.8. The van der Waals surface area contributed by atoms with Crippen molar-refractivity contribution < 1.29 is 5.11 Å². The summed E-state index contributed by atoms with van der Waals surface area (Å²) >= 11 is 0. The molecule has 0 bridgehead atoms. The van der Waals surface area contributed by atoms with Gasteiger partial charge in [0.15, 0.2) is 0 Å². The summed E-state index contributed by atoms with van der Waals surface area (Å²) in [5, 5.41) is 12.9. The highest BCUT2D eigenvalue weighted by Gasteiger charge is 2.33. The van der Waals surface area contributed by atoms with Gasteiger partial charge in [0.1, 0.15) is 0 Å². The van der Waals surface area contributed by atoms with Crippen LogP contribution in [0.15, 0.2) is 0 Å². The van der Waals surface area contributed by atoms with Gasteiger partial charge in [0.25, 0.3) is 0 Å². The quantitative estimate of drug-likeness (QED) is 0.780. The highest BCUT2D eigenvalue weighted by molar-refractivity contribution is 5.45. The normalized spacial score (nSPS) is 23.3. The molecule has 1 saturated heterocycles. The van der Waals surface area contributed by atoms with E-state index in [0.717, 1.165) is 13.0 Å². The molecular weight excluding hydrogens is 232 g/mol. The number of hydrogen-bond donors (Lipinski definition) is 2. The van der Waals surface area contributed by atoms with Crippen LogP contribution in [0.3, 0.4) is 0 Å². The van der Waals surface area contributed by atoms with Crippen molar-refractivity contribution in [1.82, 2.24) is 15.0 Å². The minimum Gasteiger partial charge on any atom is -0.388 e. The Hall–Kier alpha value is -1.63. The first-order chi connectivity index (χ1) is 8.41. The van der Waals surface area contributed by atoms with E-state index in [1.165, 1.54) is 0 Å². The molecule has 0 radical (unpaired) electrons. The first-order valence-electron chi connectivity index (χ1n) is 6.00. The van der Waals surface area contributed by atoms with Crippen LogP contribution in [-0.2, 0) is 0 Å². The molecule has 1 fully saturated rings. The molecule has 1 aromatic rings. The summed E-state index contributed by atoms with van der Waals surface area (Å²) in [6.45, 7) is 3.14. The highest BCUT2D eigenvalue weighted by Crippen LogP contribution is 2.25. The molecule has 7 nitrogen and oxygen atoms in total. The van der Waals surface area contributed by atoms with Crippen LogP contribution in [0, 0.1) is 0 Å². The van der Waals surface area contributed by atoms with Crippen LogP contribution in [-0.4, -0.2) is 59.9 Å². The molecule has 2 heterocycles. The van der Waals surface area contributed by atoms with E-state index in [-0.39, 0.29) is 0 Å². The number of nitrogens with one attached hydrogen (secondary N) is 1. The second-order valence-electron chi connectivity index (χ2n) is 5.07. The largest absolute Gasteiger partial charge is 0.388 e. The maximum atomic E-state index is 9.99. The maximum absolute atomic E-state index is 9.99. The predicted octanol–water partition coefficient (Wildman–Crippen LogP) is -0.0596. The van der Waals surface area contributed by atoms with Gasteiger partial charge in [-0.25, -0.2) is 0 Å². The van der Waals surface area contributed by atoms with Gasteiger partial charge in [-0.05, 0) is 13.3 Å². The molecule has 0 saturated carbocycles. The molecule has 2 rings (SSSR count). The van der Waals surface area contributed by atoms with Gasteiger partial charge >= 0.3 is 0 Å². The lowest BCUT2D eigenvalue weighted by Gasteiger charge is -2.20. The number of β-amino-alcohol motifs (C(OH)–C–C–N with tert-alkyl or cyclic N) is 1. The molecule has 18 heavy (non-hydrogen) atoms. The van der Waals surface area contributed by atoms with Crippen molar-refractivity contribution >= 4 is 17.8 Å². The van der Waals surface area contributed by atoms with Crippen molar-refractivity contribution in [2.24, 2.45) is 0 Å². The van der Waals surface area contributed by atoms with Crippen LogP contribution in [0.25, 0.3) is 0 Å². The first-order valence-corrected chi connectivity index (χ1v) is 6.00. The molecule has 2 N–H and O–H groups in total.